The van der Waals surface area contributed by atoms with Gasteiger partial charge >= 0.3 is 5.69 Å². The second-order valence-corrected chi connectivity index (χ2v) is 3.48. The maximum atomic E-state index is 11.7. The van der Waals surface area contributed by atoms with Gasteiger partial charge in [-0.25, -0.2) is 4.79 Å². The first-order chi connectivity index (χ1) is 7.02. The predicted octanol–water partition coefficient (Wildman–Crippen LogP) is -0.181. The number of aromatic nitrogens is 2. The third-order valence-electron chi connectivity index (χ3n) is 2.49. The number of nitrogens with zero attached hydrogens (tertiary/aromatic N) is 2. The first-order valence-electron chi connectivity index (χ1n) is 4.47. The lowest BCUT2D eigenvalue weighted by Gasteiger charge is -2.07. The highest BCUT2D eigenvalue weighted by Gasteiger charge is 2.07. The summed E-state index contributed by atoms with van der Waals surface area (Å²) in [7, 11) is 3.08. The van der Waals surface area contributed by atoms with Crippen molar-refractivity contribution in [2.45, 2.75) is 0 Å². The summed E-state index contributed by atoms with van der Waals surface area (Å²) in [5.74, 6) is 0. The van der Waals surface area contributed by atoms with Crippen LogP contribution < -0.4 is 17.0 Å². The highest BCUT2D eigenvalue weighted by Crippen LogP contribution is 2.11. The van der Waals surface area contributed by atoms with Crippen LogP contribution in [0.3, 0.4) is 0 Å². The Labute approximate surface area is 85.4 Å². The smallest absolute Gasteiger partial charge is 0.330 e. The lowest BCUT2D eigenvalue weighted by atomic mass is 10.2. The molecule has 0 fully saturated rings. The Bertz CT molecular complexity index is 652. The largest absolute Gasteiger partial charge is 0.399 e. The number of aryl methyl sites for hydroxylation is 1. The molecule has 0 aliphatic carbocycles. The fourth-order valence-corrected chi connectivity index (χ4v) is 1.61. The molecule has 0 atom stereocenters. The van der Waals surface area contributed by atoms with Gasteiger partial charge in [-0.15, -0.1) is 0 Å². The molecule has 2 aromatic rings. The van der Waals surface area contributed by atoms with Crippen molar-refractivity contribution in [1.29, 1.82) is 0 Å². The van der Waals surface area contributed by atoms with Crippen molar-refractivity contribution < 1.29 is 0 Å². The van der Waals surface area contributed by atoms with Gasteiger partial charge in [0.1, 0.15) is 0 Å². The van der Waals surface area contributed by atoms with Gasteiger partial charge < -0.3 is 5.73 Å². The lowest BCUT2D eigenvalue weighted by Crippen LogP contribution is -2.36. The molecular weight excluding hydrogens is 194 g/mol. The molecule has 1 aromatic carbocycles. The van der Waals surface area contributed by atoms with E-state index in [9.17, 15) is 9.59 Å². The van der Waals surface area contributed by atoms with Crippen molar-refractivity contribution in [2.24, 2.45) is 14.1 Å². The third-order valence-corrected chi connectivity index (χ3v) is 2.49. The van der Waals surface area contributed by atoms with E-state index < -0.39 is 0 Å². The summed E-state index contributed by atoms with van der Waals surface area (Å²) >= 11 is 0. The van der Waals surface area contributed by atoms with Crippen molar-refractivity contribution in [1.82, 2.24) is 9.13 Å². The van der Waals surface area contributed by atoms with Gasteiger partial charge in [-0.05, 0) is 18.2 Å². The standard InChI is InChI=1S/C10H11N3O2/c1-12-8-4-3-6(11)5-7(8)9(14)13(2)10(12)15/h3-5H,11H2,1-2H3. The Morgan fingerprint density at radius 3 is 2.47 bits per heavy atom. The predicted molar refractivity (Wildman–Crippen MR) is 58.8 cm³/mol. The van der Waals surface area contributed by atoms with E-state index in [1.54, 1.807) is 25.2 Å². The average molecular weight is 205 g/mol. The molecule has 2 rings (SSSR count). The van der Waals surface area contributed by atoms with E-state index in [0.717, 1.165) is 4.57 Å². The topological polar surface area (TPSA) is 70.0 Å². The van der Waals surface area contributed by atoms with Crippen LogP contribution in [0.2, 0.25) is 0 Å². The minimum absolute atomic E-state index is 0.319. The zero-order chi connectivity index (χ0) is 11.2. The van der Waals surface area contributed by atoms with E-state index in [4.69, 9.17) is 5.73 Å². The molecule has 0 aliphatic heterocycles. The highest BCUT2D eigenvalue weighted by molar-refractivity contribution is 5.81. The van der Waals surface area contributed by atoms with Crippen LogP contribution in [0.25, 0.3) is 10.9 Å². The Morgan fingerprint density at radius 2 is 1.80 bits per heavy atom. The summed E-state index contributed by atoms with van der Waals surface area (Å²) in [5, 5.41) is 0.458. The van der Waals surface area contributed by atoms with Crippen LogP contribution in [0.15, 0.2) is 27.8 Å². The second kappa shape index (κ2) is 2.98. The van der Waals surface area contributed by atoms with Gasteiger partial charge in [-0.2, -0.15) is 0 Å². The third kappa shape index (κ3) is 1.24. The molecule has 1 heterocycles. The monoisotopic (exact) mass is 205 g/mol. The van der Waals surface area contributed by atoms with Gasteiger partial charge in [0.25, 0.3) is 5.56 Å². The molecule has 0 saturated heterocycles. The first-order valence-corrected chi connectivity index (χ1v) is 4.47. The Morgan fingerprint density at radius 1 is 1.13 bits per heavy atom. The fourth-order valence-electron chi connectivity index (χ4n) is 1.61. The van der Waals surface area contributed by atoms with Gasteiger partial charge in [0.15, 0.2) is 0 Å². The summed E-state index contributed by atoms with van der Waals surface area (Å²) in [6, 6.07) is 4.92. The Hall–Kier alpha value is -2.04. The summed E-state index contributed by atoms with van der Waals surface area (Å²) < 4.78 is 2.50. The minimum Gasteiger partial charge on any atom is -0.399 e. The number of nitrogens with two attached hydrogens (primary N) is 1. The second-order valence-electron chi connectivity index (χ2n) is 3.48. The van der Waals surface area contributed by atoms with Crippen molar-refractivity contribution in [3.8, 4) is 0 Å². The molecule has 5 heteroatoms. The number of benzene rings is 1. The van der Waals surface area contributed by atoms with E-state index in [1.165, 1.54) is 11.6 Å². The van der Waals surface area contributed by atoms with Crippen LogP contribution in [-0.2, 0) is 14.1 Å². The molecule has 0 saturated carbocycles. The Balaban J connectivity index is 3.15. The number of anilines is 1. The molecule has 0 amide bonds. The average Bonchev–Trinajstić information content (AvgIpc) is 2.23. The van der Waals surface area contributed by atoms with Crippen molar-refractivity contribution in [2.75, 3.05) is 5.73 Å². The first kappa shape index (κ1) is 9.51. The molecule has 78 valence electrons. The SMILES string of the molecule is Cn1c(=O)c2cc(N)ccc2n(C)c1=O. The quantitative estimate of drug-likeness (QED) is 0.606. The molecule has 1 aromatic heterocycles. The molecule has 2 N–H and O–H groups in total. The highest BCUT2D eigenvalue weighted by atomic mass is 16.2. The van der Waals surface area contributed by atoms with Crippen LogP contribution in [-0.4, -0.2) is 9.13 Å². The number of fused-ring (bicyclic) bond motifs is 1. The van der Waals surface area contributed by atoms with E-state index in [1.807, 2.05) is 0 Å². The van der Waals surface area contributed by atoms with E-state index in [-0.39, 0.29) is 11.2 Å². The van der Waals surface area contributed by atoms with Crippen LogP contribution >= 0.6 is 0 Å². The summed E-state index contributed by atoms with van der Waals surface area (Å²) in [5.41, 5.74) is 6.05. The molecule has 0 spiro atoms. The van der Waals surface area contributed by atoms with Crippen LogP contribution in [0.5, 0.6) is 0 Å². The normalized spacial score (nSPS) is 10.8. The maximum Gasteiger partial charge on any atom is 0.330 e. The molecule has 0 aliphatic rings. The van der Waals surface area contributed by atoms with Gasteiger partial charge in [-0.1, -0.05) is 0 Å². The molecular formula is C10H11N3O2. The minimum atomic E-state index is -0.336. The number of hydrogen-bond acceptors (Lipinski definition) is 3. The van der Waals surface area contributed by atoms with Crippen molar-refractivity contribution in [3.63, 3.8) is 0 Å². The summed E-state index contributed by atoms with van der Waals surface area (Å²) in [4.78, 5) is 23.3. The zero-order valence-corrected chi connectivity index (χ0v) is 8.52. The van der Waals surface area contributed by atoms with E-state index in [2.05, 4.69) is 0 Å². The summed E-state index contributed by atoms with van der Waals surface area (Å²) in [6.45, 7) is 0. The van der Waals surface area contributed by atoms with Gasteiger partial charge in [0, 0.05) is 19.8 Å². The lowest BCUT2D eigenvalue weighted by molar-refractivity contribution is 0.713. The van der Waals surface area contributed by atoms with E-state index >= 15 is 0 Å². The molecule has 5 nitrogen and oxygen atoms in total. The van der Waals surface area contributed by atoms with Crippen molar-refractivity contribution >= 4 is 16.6 Å². The Kier molecular flexibility index (Phi) is 1.89. The van der Waals surface area contributed by atoms with Crippen LogP contribution in [0, 0.1) is 0 Å². The van der Waals surface area contributed by atoms with Crippen LogP contribution in [0.1, 0.15) is 0 Å². The van der Waals surface area contributed by atoms with Gasteiger partial charge in [0.05, 0.1) is 10.9 Å². The van der Waals surface area contributed by atoms with E-state index in [0.29, 0.717) is 16.6 Å². The van der Waals surface area contributed by atoms with Gasteiger partial charge in [0.2, 0.25) is 0 Å². The molecule has 0 radical (unpaired) electrons. The molecule has 0 unspecified atom stereocenters. The zero-order valence-electron chi connectivity index (χ0n) is 8.52. The number of nitrogen functional groups attached to an aromatic ring is 1. The van der Waals surface area contributed by atoms with Crippen molar-refractivity contribution in [3.05, 3.63) is 39.0 Å². The van der Waals surface area contributed by atoms with Gasteiger partial charge in [-0.3, -0.25) is 13.9 Å². The number of hydrogen-bond donors (Lipinski definition) is 1. The fraction of sp³-hybridized carbons (Fsp3) is 0.200. The molecule has 15 heavy (non-hydrogen) atoms. The summed E-state index contributed by atoms with van der Waals surface area (Å²) in [6.07, 6.45) is 0. The number of rotatable bonds is 0. The maximum absolute atomic E-state index is 11.7. The molecule has 0 bridgehead atoms. The van der Waals surface area contributed by atoms with Crippen LogP contribution in [0.4, 0.5) is 5.69 Å².